The molecule has 1 aromatic carbocycles. The minimum Gasteiger partial charge on any atom is -0.368 e. The van der Waals surface area contributed by atoms with Gasteiger partial charge in [-0.1, -0.05) is 6.07 Å². The molecule has 0 aliphatic heterocycles. The van der Waals surface area contributed by atoms with Gasteiger partial charge in [0.1, 0.15) is 17.2 Å². The molecule has 0 spiro atoms. The van der Waals surface area contributed by atoms with Gasteiger partial charge in [-0.3, -0.25) is 14.8 Å². The van der Waals surface area contributed by atoms with E-state index in [-0.39, 0.29) is 34.5 Å². The zero-order valence-corrected chi connectivity index (χ0v) is 19.9. The number of aryl methyl sites for hydroxylation is 2. The number of rotatable bonds is 5. The number of nitrogens with two attached hydrogens (primary N) is 1. The second-order valence-electron chi connectivity index (χ2n) is 8.85. The number of carbonyl (C=O) groups excluding carboxylic acids is 1. The number of anilines is 1. The largest absolute Gasteiger partial charge is 0.368 e. The molecule has 3 N–H and O–H groups in total. The molecule has 0 saturated heterocycles. The van der Waals surface area contributed by atoms with Crippen molar-refractivity contribution in [2.45, 2.75) is 38.7 Å². The van der Waals surface area contributed by atoms with Gasteiger partial charge < -0.3 is 11.1 Å². The summed E-state index contributed by atoms with van der Waals surface area (Å²) in [7, 11) is 0. The van der Waals surface area contributed by atoms with Gasteiger partial charge in [0.2, 0.25) is 5.95 Å². The lowest BCUT2D eigenvalue weighted by Crippen LogP contribution is -2.33. The molecule has 7 nitrogen and oxygen atoms in total. The van der Waals surface area contributed by atoms with E-state index in [1.165, 1.54) is 30.3 Å². The summed E-state index contributed by atoms with van der Waals surface area (Å²) in [5.41, 5.74) is 8.76. The molecule has 1 aliphatic carbocycles. The number of aromatic nitrogens is 4. The lowest BCUT2D eigenvalue weighted by atomic mass is 9.91. The highest BCUT2D eigenvalue weighted by molar-refractivity contribution is 6.03. The van der Waals surface area contributed by atoms with Crippen molar-refractivity contribution in [3.05, 3.63) is 88.9 Å². The fourth-order valence-electron chi connectivity index (χ4n) is 4.66. The lowest BCUT2D eigenvalue weighted by molar-refractivity contribution is 0.0927. The van der Waals surface area contributed by atoms with Gasteiger partial charge in [-0.05, 0) is 79.8 Å². The molecule has 188 valence electrons. The number of amides is 1. The van der Waals surface area contributed by atoms with E-state index < -0.39 is 23.8 Å². The van der Waals surface area contributed by atoms with Crippen molar-refractivity contribution >= 4 is 11.9 Å². The maximum atomic E-state index is 13.7. The molecule has 3 aromatic heterocycles. The molecule has 37 heavy (non-hydrogen) atoms. The number of halogens is 3. The normalized spacial score (nSPS) is 14.9. The van der Waals surface area contributed by atoms with E-state index in [1.807, 2.05) is 12.1 Å². The van der Waals surface area contributed by atoms with Crippen LogP contribution in [0.5, 0.6) is 0 Å². The Morgan fingerprint density at radius 2 is 1.86 bits per heavy atom. The van der Waals surface area contributed by atoms with E-state index in [4.69, 9.17) is 5.73 Å². The van der Waals surface area contributed by atoms with Crippen LogP contribution >= 0.6 is 0 Å². The highest BCUT2D eigenvalue weighted by atomic mass is 19.3. The summed E-state index contributed by atoms with van der Waals surface area (Å²) in [6.07, 6.45) is 1.26. The fourth-order valence-corrected chi connectivity index (χ4v) is 4.66. The van der Waals surface area contributed by atoms with E-state index >= 15 is 0 Å². The Bertz CT molecular complexity index is 1480. The van der Waals surface area contributed by atoms with Crippen LogP contribution in [-0.4, -0.2) is 25.8 Å². The molecule has 0 bridgehead atoms. The number of alkyl halides is 2. The number of hydrogen-bond acceptors (Lipinski definition) is 6. The van der Waals surface area contributed by atoms with Crippen molar-refractivity contribution < 1.29 is 18.0 Å². The predicted molar refractivity (Wildman–Crippen MR) is 132 cm³/mol. The predicted octanol–water partition coefficient (Wildman–Crippen LogP) is 5.38. The summed E-state index contributed by atoms with van der Waals surface area (Å²) in [5, 5.41) is 3.00. The Morgan fingerprint density at radius 3 is 2.62 bits per heavy atom. The van der Waals surface area contributed by atoms with Gasteiger partial charge in [0.15, 0.2) is 0 Å². The molecule has 0 saturated carbocycles. The van der Waals surface area contributed by atoms with Gasteiger partial charge >= 0.3 is 0 Å². The third-order valence-electron chi connectivity index (χ3n) is 6.24. The number of nitrogens with zero attached hydrogens (tertiary/aromatic N) is 4. The first kappa shape index (κ1) is 24.4. The quantitative estimate of drug-likeness (QED) is 0.378. The third kappa shape index (κ3) is 5.00. The summed E-state index contributed by atoms with van der Waals surface area (Å²) in [6, 6.07) is 11.7. The van der Waals surface area contributed by atoms with Gasteiger partial charge in [0.25, 0.3) is 12.3 Å². The van der Waals surface area contributed by atoms with Crippen molar-refractivity contribution in [3.63, 3.8) is 0 Å². The first-order valence-corrected chi connectivity index (χ1v) is 11.8. The van der Waals surface area contributed by atoms with Crippen LogP contribution in [0.25, 0.3) is 22.4 Å². The van der Waals surface area contributed by atoms with E-state index in [0.717, 1.165) is 24.1 Å². The van der Waals surface area contributed by atoms with E-state index in [2.05, 4.69) is 25.3 Å². The zero-order valence-electron chi connectivity index (χ0n) is 19.9. The smallest absolute Gasteiger partial charge is 0.280 e. The van der Waals surface area contributed by atoms with Crippen LogP contribution in [0.1, 0.15) is 58.4 Å². The Balaban J connectivity index is 1.67. The summed E-state index contributed by atoms with van der Waals surface area (Å²) >= 11 is 0. The van der Waals surface area contributed by atoms with Gasteiger partial charge in [-0.25, -0.2) is 23.1 Å². The van der Waals surface area contributed by atoms with Crippen LogP contribution < -0.4 is 11.1 Å². The second-order valence-corrected chi connectivity index (χ2v) is 8.85. The summed E-state index contributed by atoms with van der Waals surface area (Å²) in [5.74, 6) is -1.20. The van der Waals surface area contributed by atoms with Gasteiger partial charge in [-0.2, -0.15) is 0 Å². The summed E-state index contributed by atoms with van der Waals surface area (Å²) in [6.45, 7) is 1.58. The van der Waals surface area contributed by atoms with E-state index in [1.54, 1.807) is 19.2 Å². The van der Waals surface area contributed by atoms with Gasteiger partial charge in [0.05, 0.1) is 17.4 Å². The van der Waals surface area contributed by atoms with Crippen molar-refractivity contribution in [3.8, 4) is 22.4 Å². The molecule has 0 radical (unpaired) electrons. The molecule has 5 rings (SSSR count). The highest BCUT2D eigenvalue weighted by Crippen LogP contribution is 2.36. The third-order valence-corrected chi connectivity index (χ3v) is 6.24. The Kier molecular flexibility index (Phi) is 6.56. The fraction of sp³-hybridized carbons (Fsp3) is 0.222. The minimum atomic E-state index is -2.83. The Labute approximate surface area is 211 Å². The maximum Gasteiger partial charge on any atom is 0.280 e. The number of nitrogens with one attached hydrogen (secondary N) is 1. The van der Waals surface area contributed by atoms with E-state index in [0.29, 0.717) is 17.7 Å². The Hall–Kier alpha value is -4.34. The lowest BCUT2D eigenvalue weighted by Gasteiger charge is -2.25. The second kappa shape index (κ2) is 9.96. The average molecular weight is 505 g/mol. The molecular weight excluding hydrogens is 481 g/mol. The molecule has 1 aliphatic rings. The first-order chi connectivity index (χ1) is 17.8. The van der Waals surface area contributed by atoms with Crippen molar-refractivity contribution in [2.24, 2.45) is 0 Å². The summed E-state index contributed by atoms with van der Waals surface area (Å²) in [4.78, 5) is 30.6. The molecule has 0 fully saturated rings. The number of hydrogen-bond donors (Lipinski definition) is 2. The molecule has 3 heterocycles. The standard InChI is InChI=1S/C27H23F3N6O/c1-14-12-17(13-20(33-14)25(29)30)21-23(16-7-9-18(28)10-8-16)35-27(31)36-24(21)26(37)34-19-6-2-4-15-5-3-11-32-22(15)19/h3,5,7-13,19,25H,2,4,6H2,1H3,(H,34,37)(H2,31,35,36). The molecule has 1 unspecified atom stereocenters. The van der Waals surface area contributed by atoms with Gasteiger partial charge in [-0.15, -0.1) is 0 Å². The van der Waals surface area contributed by atoms with Crippen molar-refractivity contribution in [1.29, 1.82) is 0 Å². The Morgan fingerprint density at radius 1 is 1.08 bits per heavy atom. The molecule has 1 amide bonds. The van der Waals surface area contributed by atoms with Crippen LogP contribution in [0.4, 0.5) is 19.1 Å². The van der Waals surface area contributed by atoms with Crippen molar-refractivity contribution in [1.82, 2.24) is 25.3 Å². The van der Waals surface area contributed by atoms with Crippen LogP contribution in [0.15, 0.2) is 54.7 Å². The van der Waals surface area contributed by atoms with Crippen LogP contribution in [0, 0.1) is 12.7 Å². The van der Waals surface area contributed by atoms with Crippen LogP contribution in [0.3, 0.4) is 0 Å². The SMILES string of the molecule is Cc1cc(-c2c(C(=O)NC3CCCc4cccnc43)nc(N)nc2-c2ccc(F)cc2)cc(C(F)F)n1. The number of carbonyl (C=O) groups is 1. The number of benzene rings is 1. The monoisotopic (exact) mass is 504 g/mol. The maximum absolute atomic E-state index is 13.7. The molecule has 10 heteroatoms. The minimum absolute atomic E-state index is 0.0827. The molecule has 4 aromatic rings. The zero-order chi connectivity index (χ0) is 26.1. The van der Waals surface area contributed by atoms with Crippen LogP contribution in [-0.2, 0) is 6.42 Å². The number of fused-ring (bicyclic) bond motifs is 1. The topological polar surface area (TPSA) is 107 Å². The molecule has 1 atom stereocenters. The average Bonchev–Trinajstić information content (AvgIpc) is 2.88. The first-order valence-electron chi connectivity index (χ1n) is 11.8. The molecular formula is C27H23F3N6O. The van der Waals surface area contributed by atoms with Gasteiger partial charge in [0, 0.05) is 23.0 Å². The highest BCUT2D eigenvalue weighted by Gasteiger charge is 2.28. The number of pyridine rings is 2. The van der Waals surface area contributed by atoms with Crippen LogP contribution in [0.2, 0.25) is 0 Å². The van der Waals surface area contributed by atoms with E-state index in [9.17, 15) is 18.0 Å². The van der Waals surface area contributed by atoms with Crippen molar-refractivity contribution in [2.75, 3.05) is 5.73 Å². The number of nitrogen functional groups attached to an aromatic ring is 1. The summed E-state index contributed by atoms with van der Waals surface area (Å²) < 4.78 is 41.0.